The molecule has 2 rings (SSSR count). The van der Waals surface area contributed by atoms with Crippen molar-refractivity contribution in [1.82, 2.24) is 4.90 Å². The van der Waals surface area contributed by atoms with E-state index in [-0.39, 0.29) is 30.2 Å². The fraction of sp³-hybridized carbons (Fsp3) is 0.278. The number of aliphatic hydroxyl groups excluding tert-OH is 1. The fourth-order valence-corrected chi connectivity index (χ4v) is 2.59. The molecule has 5 heteroatoms. The highest BCUT2D eigenvalue weighted by molar-refractivity contribution is 6.27. The zero-order valence-electron chi connectivity index (χ0n) is 12.8. The van der Waals surface area contributed by atoms with Crippen molar-refractivity contribution in [1.29, 1.82) is 0 Å². The maximum Gasteiger partial charge on any atom is 0.238 e. The number of carbonyl (C=O) groups is 1. The molecule has 0 fully saturated rings. The van der Waals surface area contributed by atoms with Crippen LogP contribution in [0.2, 0.25) is 0 Å². The monoisotopic (exact) mass is 335 g/mol. The molecule has 0 aliphatic carbocycles. The Bertz CT molecular complexity index is 633. The van der Waals surface area contributed by atoms with Gasteiger partial charge in [0.25, 0.3) is 0 Å². The number of carbonyl (C=O) groups excluding carboxylic acids is 1. The van der Waals surface area contributed by atoms with Crippen LogP contribution in [-0.2, 0) is 4.79 Å². The highest BCUT2D eigenvalue weighted by atomic mass is 35.5. The quantitative estimate of drug-likeness (QED) is 0.818. The van der Waals surface area contributed by atoms with E-state index in [9.17, 15) is 14.3 Å². The first-order valence-corrected chi connectivity index (χ1v) is 7.90. The normalized spacial score (nSPS) is 13.4. The molecule has 0 saturated heterocycles. The first-order chi connectivity index (χ1) is 11.0. The Morgan fingerprint density at radius 2 is 1.74 bits per heavy atom. The number of halogens is 2. The molecule has 23 heavy (non-hydrogen) atoms. The number of hydrogen-bond acceptors (Lipinski definition) is 2. The minimum atomic E-state index is -0.908. The van der Waals surface area contributed by atoms with E-state index >= 15 is 0 Å². The summed E-state index contributed by atoms with van der Waals surface area (Å²) in [6, 6.07) is 14.9. The van der Waals surface area contributed by atoms with Gasteiger partial charge in [0.2, 0.25) is 5.91 Å². The van der Waals surface area contributed by atoms with Gasteiger partial charge >= 0.3 is 0 Å². The minimum Gasteiger partial charge on any atom is -0.387 e. The lowest BCUT2D eigenvalue weighted by atomic mass is 10.0. The average molecular weight is 336 g/mol. The maximum absolute atomic E-state index is 13.0. The second-order valence-electron chi connectivity index (χ2n) is 5.33. The van der Waals surface area contributed by atoms with Gasteiger partial charge in [0.15, 0.2) is 0 Å². The first kappa shape index (κ1) is 17.4. The highest BCUT2D eigenvalue weighted by Crippen LogP contribution is 2.24. The van der Waals surface area contributed by atoms with Crippen LogP contribution in [0.5, 0.6) is 0 Å². The van der Waals surface area contributed by atoms with Crippen LogP contribution in [0.3, 0.4) is 0 Å². The molecule has 2 aromatic rings. The van der Waals surface area contributed by atoms with E-state index in [1.165, 1.54) is 29.2 Å². The topological polar surface area (TPSA) is 40.5 Å². The molecule has 2 aromatic carbocycles. The van der Waals surface area contributed by atoms with Crippen LogP contribution < -0.4 is 0 Å². The summed E-state index contributed by atoms with van der Waals surface area (Å²) in [7, 11) is 0. The largest absolute Gasteiger partial charge is 0.387 e. The third-order valence-electron chi connectivity index (χ3n) is 3.81. The SMILES string of the molecule is C[C@@H](c1ccccc1)N(C[C@H](O)c1ccc(F)cc1)C(=O)CCl. The predicted octanol–water partition coefficient (Wildman–Crippen LogP) is 3.69. The average Bonchev–Trinajstić information content (AvgIpc) is 2.59. The van der Waals surface area contributed by atoms with E-state index in [0.29, 0.717) is 5.56 Å². The van der Waals surface area contributed by atoms with Crippen LogP contribution in [0.25, 0.3) is 0 Å². The molecular weight excluding hydrogens is 317 g/mol. The van der Waals surface area contributed by atoms with Gasteiger partial charge in [0.05, 0.1) is 18.7 Å². The van der Waals surface area contributed by atoms with E-state index in [1.54, 1.807) is 0 Å². The summed E-state index contributed by atoms with van der Waals surface area (Å²) in [6.45, 7) is 1.98. The van der Waals surface area contributed by atoms with E-state index in [1.807, 2.05) is 37.3 Å². The first-order valence-electron chi connectivity index (χ1n) is 7.37. The van der Waals surface area contributed by atoms with Crippen molar-refractivity contribution >= 4 is 17.5 Å². The van der Waals surface area contributed by atoms with Gasteiger partial charge in [-0.2, -0.15) is 0 Å². The number of nitrogens with zero attached hydrogens (tertiary/aromatic N) is 1. The summed E-state index contributed by atoms with van der Waals surface area (Å²) >= 11 is 5.71. The molecule has 0 aromatic heterocycles. The lowest BCUT2D eigenvalue weighted by molar-refractivity contribution is -0.132. The van der Waals surface area contributed by atoms with Crippen LogP contribution in [0.1, 0.15) is 30.2 Å². The van der Waals surface area contributed by atoms with Crippen LogP contribution in [0.4, 0.5) is 4.39 Å². The van der Waals surface area contributed by atoms with E-state index < -0.39 is 6.10 Å². The lowest BCUT2D eigenvalue weighted by Crippen LogP contribution is -2.37. The van der Waals surface area contributed by atoms with Crippen molar-refractivity contribution in [2.24, 2.45) is 0 Å². The van der Waals surface area contributed by atoms with E-state index in [2.05, 4.69) is 0 Å². The number of alkyl halides is 1. The number of benzene rings is 2. The molecule has 3 nitrogen and oxygen atoms in total. The van der Waals surface area contributed by atoms with Gasteiger partial charge in [-0.05, 0) is 30.2 Å². The third kappa shape index (κ3) is 4.53. The predicted molar refractivity (Wildman–Crippen MR) is 88.6 cm³/mol. The number of aliphatic hydroxyl groups is 1. The Kier molecular flexibility index (Phi) is 6.13. The van der Waals surface area contributed by atoms with Crippen molar-refractivity contribution in [3.05, 3.63) is 71.5 Å². The second-order valence-corrected chi connectivity index (χ2v) is 5.60. The van der Waals surface area contributed by atoms with E-state index in [4.69, 9.17) is 11.6 Å². The van der Waals surface area contributed by atoms with Crippen LogP contribution >= 0.6 is 11.6 Å². The van der Waals surface area contributed by atoms with Gasteiger partial charge in [-0.15, -0.1) is 11.6 Å². The Labute approximate surface area is 140 Å². The Hall–Kier alpha value is -1.91. The molecule has 0 radical (unpaired) electrons. The van der Waals surface area contributed by atoms with Crippen LogP contribution in [0.15, 0.2) is 54.6 Å². The standard InChI is InChI=1S/C18H19ClFNO2/c1-13(14-5-3-2-4-6-14)21(18(23)11-19)12-17(22)15-7-9-16(20)10-8-15/h2-10,13,17,22H,11-12H2,1H3/t13-,17-/m0/s1. The molecule has 0 saturated carbocycles. The minimum absolute atomic E-state index is 0.0905. The van der Waals surface area contributed by atoms with E-state index in [0.717, 1.165) is 5.56 Å². The zero-order chi connectivity index (χ0) is 16.8. The van der Waals surface area contributed by atoms with Crippen LogP contribution in [0, 0.1) is 5.82 Å². The fourth-order valence-electron chi connectivity index (χ4n) is 2.44. The molecule has 122 valence electrons. The zero-order valence-corrected chi connectivity index (χ0v) is 13.6. The van der Waals surface area contributed by atoms with Crippen molar-refractivity contribution in [3.8, 4) is 0 Å². The Morgan fingerprint density at radius 3 is 2.30 bits per heavy atom. The molecule has 0 bridgehead atoms. The Balaban J connectivity index is 2.18. The van der Waals surface area contributed by atoms with Gasteiger partial charge < -0.3 is 10.0 Å². The smallest absolute Gasteiger partial charge is 0.238 e. The lowest BCUT2D eigenvalue weighted by Gasteiger charge is -2.31. The van der Waals surface area contributed by atoms with Gasteiger partial charge in [-0.25, -0.2) is 4.39 Å². The second kappa shape index (κ2) is 8.09. The molecule has 0 spiro atoms. The van der Waals surface area contributed by atoms with Crippen molar-refractivity contribution in [2.45, 2.75) is 19.1 Å². The molecule has 0 heterocycles. The summed E-state index contributed by atoms with van der Waals surface area (Å²) in [6.07, 6.45) is -0.908. The molecule has 2 atom stereocenters. The molecule has 0 aliphatic heterocycles. The Morgan fingerprint density at radius 1 is 1.13 bits per heavy atom. The number of hydrogen-bond donors (Lipinski definition) is 1. The molecule has 1 N–H and O–H groups in total. The van der Waals surface area contributed by atoms with Gasteiger partial charge in [-0.1, -0.05) is 42.5 Å². The summed E-state index contributed by atoms with van der Waals surface area (Å²) in [5, 5.41) is 10.4. The number of rotatable bonds is 6. The maximum atomic E-state index is 13.0. The number of amides is 1. The van der Waals surface area contributed by atoms with Gasteiger partial charge in [-0.3, -0.25) is 4.79 Å². The summed E-state index contributed by atoms with van der Waals surface area (Å²) in [4.78, 5) is 13.7. The molecular formula is C18H19ClFNO2. The summed E-state index contributed by atoms with van der Waals surface area (Å²) in [5.74, 6) is -0.788. The van der Waals surface area contributed by atoms with Crippen molar-refractivity contribution < 1.29 is 14.3 Å². The molecule has 0 unspecified atom stereocenters. The van der Waals surface area contributed by atoms with Crippen molar-refractivity contribution in [3.63, 3.8) is 0 Å². The molecule has 0 aliphatic rings. The van der Waals surface area contributed by atoms with Gasteiger partial charge in [0.1, 0.15) is 11.7 Å². The highest BCUT2D eigenvalue weighted by Gasteiger charge is 2.24. The van der Waals surface area contributed by atoms with Crippen LogP contribution in [-0.4, -0.2) is 28.3 Å². The summed E-state index contributed by atoms with van der Waals surface area (Å²) in [5.41, 5.74) is 1.51. The van der Waals surface area contributed by atoms with Gasteiger partial charge in [0, 0.05) is 0 Å². The third-order valence-corrected chi connectivity index (χ3v) is 4.04. The van der Waals surface area contributed by atoms with Crippen molar-refractivity contribution in [2.75, 3.05) is 12.4 Å². The summed E-state index contributed by atoms with van der Waals surface area (Å²) < 4.78 is 13.0. The molecule has 1 amide bonds.